The second kappa shape index (κ2) is 4.46. The van der Waals surface area contributed by atoms with Crippen molar-refractivity contribution in [3.63, 3.8) is 0 Å². The zero-order chi connectivity index (χ0) is 8.86. The van der Waals surface area contributed by atoms with Gasteiger partial charge in [0.25, 0.3) is 0 Å². The van der Waals surface area contributed by atoms with E-state index in [1.807, 2.05) is 0 Å². The molecule has 1 unspecified atom stereocenters. The first kappa shape index (κ1) is 9.53. The lowest BCUT2D eigenvalue weighted by molar-refractivity contribution is 0.0260. The Labute approximate surface area is 73.7 Å². The minimum absolute atomic E-state index is 0.0649. The molecule has 0 aromatic rings. The molecule has 68 valence electrons. The molecule has 1 aliphatic rings. The van der Waals surface area contributed by atoms with Crippen LogP contribution in [0, 0.1) is 12.3 Å². The molecule has 12 heavy (non-hydrogen) atoms. The normalized spacial score (nSPS) is 29.7. The number of terminal acetylenes is 1. The molecule has 3 nitrogen and oxygen atoms in total. The first-order chi connectivity index (χ1) is 5.83. The van der Waals surface area contributed by atoms with Gasteiger partial charge in [-0.1, -0.05) is 5.92 Å². The van der Waals surface area contributed by atoms with Crippen LogP contribution in [0.2, 0.25) is 0 Å². The van der Waals surface area contributed by atoms with E-state index in [9.17, 15) is 0 Å². The maximum Gasteiger partial charge on any atom is 0.0660 e. The van der Waals surface area contributed by atoms with E-state index in [1.54, 1.807) is 0 Å². The van der Waals surface area contributed by atoms with E-state index >= 15 is 0 Å². The van der Waals surface area contributed by atoms with Crippen molar-refractivity contribution in [3.05, 3.63) is 0 Å². The largest absolute Gasteiger partial charge is 0.379 e. The maximum atomic E-state index is 5.67. The van der Waals surface area contributed by atoms with Crippen LogP contribution in [0.3, 0.4) is 0 Å². The van der Waals surface area contributed by atoms with Crippen molar-refractivity contribution in [1.82, 2.24) is 5.32 Å². The SMILES string of the molecule is C#CCNC1(CN)CCCOC1. The summed E-state index contributed by atoms with van der Waals surface area (Å²) in [5.74, 6) is 2.55. The average molecular weight is 168 g/mol. The predicted octanol–water partition coefficient (Wildman–Crippen LogP) is -0.283. The standard InChI is InChI=1S/C9H16N2O/c1-2-5-11-9(7-10)4-3-6-12-8-9/h1,11H,3-8,10H2. The van der Waals surface area contributed by atoms with Crippen molar-refractivity contribution in [2.24, 2.45) is 5.73 Å². The first-order valence-electron chi connectivity index (χ1n) is 4.29. The van der Waals surface area contributed by atoms with Crippen molar-refractivity contribution < 1.29 is 4.74 Å². The van der Waals surface area contributed by atoms with Crippen LogP contribution in [-0.2, 0) is 4.74 Å². The summed E-state index contributed by atoms with van der Waals surface area (Å²) in [6.45, 7) is 2.69. The van der Waals surface area contributed by atoms with Crippen LogP contribution in [-0.4, -0.2) is 31.8 Å². The number of rotatable bonds is 3. The van der Waals surface area contributed by atoms with Gasteiger partial charge in [-0.25, -0.2) is 0 Å². The van der Waals surface area contributed by atoms with Crippen molar-refractivity contribution >= 4 is 0 Å². The number of nitrogens with one attached hydrogen (secondary N) is 1. The number of hydrogen-bond donors (Lipinski definition) is 2. The highest BCUT2D eigenvalue weighted by molar-refractivity contribution is 4.96. The topological polar surface area (TPSA) is 47.3 Å². The Morgan fingerprint density at radius 2 is 2.50 bits per heavy atom. The molecule has 0 aliphatic carbocycles. The number of ether oxygens (including phenoxy) is 1. The van der Waals surface area contributed by atoms with Crippen LogP contribution in [0.4, 0.5) is 0 Å². The van der Waals surface area contributed by atoms with Gasteiger partial charge in [0.15, 0.2) is 0 Å². The lowest BCUT2D eigenvalue weighted by atomic mass is 9.92. The van der Waals surface area contributed by atoms with Gasteiger partial charge < -0.3 is 10.5 Å². The van der Waals surface area contributed by atoms with E-state index in [-0.39, 0.29) is 5.54 Å². The summed E-state index contributed by atoms with van der Waals surface area (Å²) in [6.07, 6.45) is 7.29. The fourth-order valence-corrected chi connectivity index (χ4v) is 1.46. The Bertz CT molecular complexity index is 168. The van der Waals surface area contributed by atoms with Crippen LogP contribution < -0.4 is 11.1 Å². The summed E-state index contributed by atoms with van der Waals surface area (Å²) < 4.78 is 5.36. The third-order valence-corrected chi connectivity index (χ3v) is 2.28. The molecule has 0 bridgehead atoms. The minimum Gasteiger partial charge on any atom is -0.379 e. The molecule has 3 heteroatoms. The summed E-state index contributed by atoms with van der Waals surface area (Å²) in [4.78, 5) is 0. The Balaban J connectivity index is 2.43. The van der Waals surface area contributed by atoms with Gasteiger partial charge in [-0.3, -0.25) is 5.32 Å². The summed E-state index contributed by atoms with van der Waals surface area (Å²) in [6, 6.07) is 0. The second-order valence-electron chi connectivity index (χ2n) is 3.20. The van der Waals surface area contributed by atoms with Crippen molar-refractivity contribution in [3.8, 4) is 12.3 Å². The van der Waals surface area contributed by atoms with Gasteiger partial charge in [-0.2, -0.15) is 0 Å². The Morgan fingerprint density at radius 3 is 3.00 bits per heavy atom. The minimum atomic E-state index is -0.0649. The van der Waals surface area contributed by atoms with Gasteiger partial charge in [0.2, 0.25) is 0 Å². The summed E-state index contributed by atoms with van der Waals surface area (Å²) in [5.41, 5.74) is 5.60. The van der Waals surface area contributed by atoms with Gasteiger partial charge in [-0.05, 0) is 12.8 Å². The summed E-state index contributed by atoms with van der Waals surface area (Å²) in [5, 5.41) is 3.25. The zero-order valence-corrected chi connectivity index (χ0v) is 7.31. The molecule has 1 saturated heterocycles. The third kappa shape index (κ3) is 2.21. The summed E-state index contributed by atoms with van der Waals surface area (Å²) in [7, 11) is 0. The Kier molecular flexibility index (Phi) is 3.54. The molecule has 1 fully saturated rings. The van der Waals surface area contributed by atoms with Crippen molar-refractivity contribution in [2.75, 3.05) is 26.3 Å². The first-order valence-corrected chi connectivity index (χ1v) is 4.29. The third-order valence-electron chi connectivity index (χ3n) is 2.28. The van der Waals surface area contributed by atoms with E-state index < -0.39 is 0 Å². The molecule has 1 heterocycles. The van der Waals surface area contributed by atoms with Crippen molar-refractivity contribution in [2.45, 2.75) is 18.4 Å². The van der Waals surface area contributed by atoms with E-state index in [2.05, 4.69) is 11.2 Å². The van der Waals surface area contributed by atoms with E-state index in [4.69, 9.17) is 16.9 Å². The van der Waals surface area contributed by atoms with Crippen molar-refractivity contribution in [1.29, 1.82) is 0 Å². The molecule has 0 radical (unpaired) electrons. The van der Waals surface area contributed by atoms with E-state index in [1.165, 1.54) is 0 Å². The zero-order valence-electron chi connectivity index (χ0n) is 7.31. The number of hydrogen-bond acceptors (Lipinski definition) is 3. The van der Waals surface area contributed by atoms with E-state index in [0.717, 1.165) is 19.4 Å². The molecule has 1 rings (SSSR count). The highest BCUT2D eigenvalue weighted by atomic mass is 16.5. The molecular formula is C9H16N2O. The fraction of sp³-hybridized carbons (Fsp3) is 0.778. The Morgan fingerprint density at radius 1 is 1.67 bits per heavy atom. The molecule has 0 spiro atoms. The smallest absolute Gasteiger partial charge is 0.0660 e. The highest BCUT2D eigenvalue weighted by Gasteiger charge is 2.30. The van der Waals surface area contributed by atoms with Crippen LogP contribution in [0.25, 0.3) is 0 Å². The summed E-state index contributed by atoms with van der Waals surface area (Å²) >= 11 is 0. The highest BCUT2D eigenvalue weighted by Crippen LogP contribution is 2.17. The maximum absolute atomic E-state index is 5.67. The van der Waals surface area contributed by atoms with Crippen LogP contribution >= 0.6 is 0 Å². The molecule has 0 aromatic carbocycles. The lowest BCUT2D eigenvalue weighted by Crippen LogP contribution is -2.56. The molecule has 1 aliphatic heterocycles. The lowest BCUT2D eigenvalue weighted by Gasteiger charge is -2.36. The van der Waals surface area contributed by atoms with Gasteiger partial charge in [0.05, 0.1) is 18.7 Å². The van der Waals surface area contributed by atoms with E-state index in [0.29, 0.717) is 19.7 Å². The molecule has 0 aromatic heterocycles. The van der Waals surface area contributed by atoms with Gasteiger partial charge >= 0.3 is 0 Å². The van der Waals surface area contributed by atoms with Gasteiger partial charge in [-0.15, -0.1) is 6.42 Å². The van der Waals surface area contributed by atoms with Crippen LogP contribution in [0.5, 0.6) is 0 Å². The number of nitrogens with two attached hydrogens (primary N) is 1. The van der Waals surface area contributed by atoms with Gasteiger partial charge in [0.1, 0.15) is 0 Å². The predicted molar refractivity (Wildman–Crippen MR) is 48.7 cm³/mol. The quantitative estimate of drug-likeness (QED) is 0.570. The monoisotopic (exact) mass is 168 g/mol. The van der Waals surface area contributed by atoms with Gasteiger partial charge in [0, 0.05) is 13.2 Å². The molecule has 3 N–H and O–H groups in total. The van der Waals surface area contributed by atoms with Crippen LogP contribution in [0.1, 0.15) is 12.8 Å². The second-order valence-corrected chi connectivity index (χ2v) is 3.20. The molecule has 0 saturated carbocycles. The molecular weight excluding hydrogens is 152 g/mol. The average Bonchev–Trinajstić information content (AvgIpc) is 2.16. The van der Waals surface area contributed by atoms with Crippen LogP contribution in [0.15, 0.2) is 0 Å². The Hall–Kier alpha value is -0.560. The molecule has 1 atom stereocenters. The fourth-order valence-electron chi connectivity index (χ4n) is 1.46. The molecule has 0 amide bonds.